The summed E-state index contributed by atoms with van der Waals surface area (Å²) in [6.45, 7) is 11.2. The molecule has 1 heterocycles. The van der Waals surface area contributed by atoms with Crippen molar-refractivity contribution in [2.75, 3.05) is 78.9 Å². The van der Waals surface area contributed by atoms with Gasteiger partial charge < -0.3 is 61.9 Å². The summed E-state index contributed by atoms with van der Waals surface area (Å²) in [5, 5.41) is 101. The van der Waals surface area contributed by atoms with E-state index in [0.29, 0.717) is 75.6 Å². The van der Waals surface area contributed by atoms with Crippen LogP contribution in [0.2, 0.25) is 0 Å². The van der Waals surface area contributed by atoms with Gasteiger partial charge in [0.25, 0.3) is 0 Å². The van der Waals surface area contributed by atoms with E-state index < -0.39 is 18.1 Å². The Morgan fingerprint density at radius 2 is 0.655 bits per heavy atom. The molecule has 0 spiro atoms. The summed E-state index contributed by atoms with van der Waals surface area (Å²) in [7, 11) is 0. The van der Waals surface area contributed by atoms with Crippen LogP contribution in [-0.4, -0.2) is 158 Å². The van der Waals surface area contributed by atoms with Gasteiger partial charge in [-0.25, -0.2) is 0 Å². The number of aliphatic hydroxyl groups excluding tert-OH is 6. The van der Waals surface area contributed by atoms with Gasteiger partial charge in [-0.2, -0.15) is 0 Å². The Bertz CT molecular complexity index is 1620. The zero-order chi connectivity index (χ0) is 42.2. The van der Waals surface area contributed by atoms with Crippen molar-refractivity contribution in [3.05, 3.63) is 86.5 Å². The molecule has 0 aromatic heterocycles. The second kappa shape index (κ2) is 24.0. The molecule has 15 nitrogen and oxygen atoms in total. The van der Waals surface area contributed by atoms with E-state index in [9.17, 15) is 46.0 Å². The minimum Gasteiger partial charge on any atom is -0.507 e. The monoisotopic (exact) mass is 813 g/mol. The summed E-state index contributed by atoms with van der Waals surface area (Å²) >= 11 is 0. The fourth-order valence-corrected chi connectivity index (χ4v) is 7.51. The van der Waals surface area contributed by atoms with Crippen molar-refractivity contribution in [3.8, 4) is 17.2 Å². The van der Waals surface area contributed by atoms with E-state index in [1.54, 1.807) is 0 Å². The summed E-state index contributed by atoms with van der Waals surface area (Å²) in [5.41, 5.74) is 7.36. The van der Waals surface area contributed by atoms with Crippen LogP contribution in [0.15, 0.2) is 36.4 Å². The molecule has 4 rings (SSSR count). The molecule has 3 aromatic carbocycles. The van der Waals surface area contributed by atoms with Gasteiger partial charge in [-0.3, -0.25) is 14.7 Å². The number of aryl methyl sites for hydroxylation is 3. The molecule has 12 N–H and O–H groups in total. The van der Waals surface area contributed by atoms with E-state index >= 15 is 0 Å². The lowest BCUT2D eigenvalue weighted by Crippen LogP contribution is -2.42. The van der Waals surface area contributed by atoms with Crippen molar-refractivity contribution >= 4 is 0 Å². The lowest BCUT2D eigenvalue weighted by atomic mass is 10.0. The third-order valence-electron chi connectivity index (χ3n) is 10.9. The average molecular weight is 813 g/mol. The van der Waals surface area contributed by atoms with Gasteiger partial charge in [0.2, 0.25) is 0 Å². The van der Waals surface area contributed by atoms with Crippen LogP contribution in [0, 0.1) is 20.8 Å². The van der Waals surface area contributed by atoms with E-state index in [1.807, 2.05) is 57.2 Å². The molecule has 0 amide bonds. The molecule has 58 heavy (non-hydrogen) atoms. The Kier molecular flexibility index (Phi) is 19.5. The Balaban J connectivity index is 1.61. The number of benzene rings is 3. The molecule has 1 fully saturated rings. The first-order chi connectivity index (χ1) is 27.9. The van der Waals surface area contributed by atoms with Crippen molar-refractivity contribution in [2.45, 2.75) is 84.6 Å². The number of hydrogen-bond acceptors (Lipinski definition) is 15. The number of nitrogens with zero attached hydrogens (tertiary/aromatic N) is 3. The van der Waals surface area contributed by atoms with Gasteiger partial charge in [-0.05, 0) is 40.3 Å². The molecule has 0 unspecified atom stereocenters. The lowest BCUT2D eigenvalue weighted by Gasteiger charge is -2.34. The standard InChI is InChI=1S/C43H68N6O9/c1-29-11-32(17-44-38(23-50)24-51)41(56)35(14-29)20-47-5-4-6-48(21-36-15-30(2)12-33(42(36)57)18-45-39(25-52)26-53)8-10-49(9-7-47)22-37-16-31(3)13-34(43(37)58)19-46-40(27-54)28-55/h11-16,38-40,44-46,50-58H,4-10,17-28H2,1-3H3. The van der Waals surface area contributed by atoms with Gasteiger partial charge in [-0.1, -0.05) is 53.1 Å². The van der Waals surface area contributed by atoms with E-state index in [1.165, 1.54) is 0 Å². The normalized spacial score (nSPS) is 15.3. The fraction of sp³-hybridized carbons (Fsp3) is 0.581. The highest BCUT2D eigenvalue weighted by atomic mass is 16.3. The van der Waals surface area contributed by atoms with Crippen LogP contribution in [0.4, 0.5) is 0 Å². The smallest absolute Gasteiger partial charge is 0.124 e. The largest absolute Gasteiger partial charge is 0.507 e. The van der Waals surface area contributed by atoms with Crippen LogP contribution in [0.5, 0.6) is 17.2 Å². The zero-order valence-corrected chi connectivity index (χ0v) is 34.5. The third kappa shape index (κ3) is 14.1. The van der Waals surface area contributed by atoms with Gasteiger partial charge in [0.1, 0.15) is 17.2 Å². The van der Waals surface area contributed by atoms with E-state index in [0.717, 1.165) is 52.9 Å². The maximum atomic E-state index is 11.5. The molecule has 15 heteroatoms. The fourth-order valence-electron chi connectivity index (χ4n) is 7.51. The molecule has 0 atom stereocenters. The van der Waals surface area contributed by atoms with Crippen molar-refractivity contribution in [1.29, 1.82) is 0 Å². The lowest BCUT2D eigenvalue weighted by molar-refractivity contribution is 0.137. The number of nitrogens with one attached hydrogen (secondary N) is 3. The van der Waals surface area contributed by atoms with Crippen molar-refractivity contribution < 1.29 is 46.0 Å². The van der Waals surface area contributed by atoms with E-state index in [4.69, 9.17) is 0 Å². The van der Waals surface area contributed by atoms with Crippen molar-refractivity contribution in [3.63, 3.8) is 0 Å². The zero-order valence-electron chi connectivity index (χ0n) is 34.5. The molecule has 0 aliphatic carbocycles. The maximum absolute atomic E-state index is 11.5. The van der Waals surface area contributed by atoms with Crippen LogP contribution >= 0.6 is 0 Å². The predicted molar refractivity (Wildman–Crippen MR) is 223 cm³/mol. The van der Waals surface area contributed by atoms with Gasteiger partial charge in [0, 0.05) is 98.8 Å². The van der Waals surface area contributed by atoms with Crippen LogP contribution in [0.1, 0.15) is 56.5 Å². The maximum Gasteiger partial charge on any atom is 0.124 e. The minimum absolute atomic E-state index is 0.171. The minimum atomic E-state index is -0.501. The summed E-state index contributed by atoms with van der Waals surface area (Å²) in [5.74, 6) is 0.538. The second-order valence-electron chi connectivity index (χ2n) is 15.8. The van der Waals surface area contributed by atoms with Crippen LogP contribution in [0.25, 0.3) is 0 Å². The van der Waals surface area contributed by atoms with E-state index in [-0.39, 0.29) is 63.4 Å². The predicted octanol–water partition coefficient (Wildman–Crippen LogP) is 0.267. The van der Waals surface area contributed by atoms with Crippen molar-refractivity contribution in [1.82, 2.24) is 30.7 Å². The highest BCUT2D eigenvalue weighted by molar-refractivity contribution is 5.45. The third-order valence-corrected chi connectivity index (χ3v) is 10.9. The number of rotatable bonds is 21. The molecule has 1 aliphatic rings. The average Bonchev–Trinajstić information content (AvgIpc) is 3.21. The van der Waals surface area contributed by atoms with E-state index in [2.05, 4.69) is 30.7 Å². The summed E-state index contributed by atoms with van der Waals surface area (Å²) in [6.07, 6.45) is 0.836. The number of aliphatic hydroxyl groups is 6. The van der Waals surface area contributed by atoms with Gasteiger partial charge in [0.15, 0.2) is 0 Å². The van der Waals surface area contributed by atoms with Crippen LogP contribution in [0.3, 0.4) is 0 Å². The molecule has 1 aliphatic heterocycles. The highest BCUT2D eigenvalue weighted by Crippen LogP contribution is 2.30. The van der Waals surface area contributed by atoms with Crippen molar-refractivity contribution in [2.24, 2.45) is 0 Å². The quantitative estimate of drug-likeness (QED) is 0.0694. The summed E-state index contributed by atoms with van der Waals surface area (Å²) < 4.78 is 0. The molecule has 0 saturated carbocycles. The molecule has 0 radical (unpaired) electrons. The Morgan fingerprint density at radius 3 is 0.914 bits per heavy atom. The number of phenols is 3. The molecule has 3 aromatic rings. The SMILES string of the molecule is Cc1cc(CNC(CO)CO)c(O)c(CN2CCCN(Cc3cc(C)cc(CNC(CO)CO)c3O)CCN(Cc3cc(C)cc(CNC(CO)CO)c3O)CC2)c1. The number of phenolic OH excluding ortho intramolecular Hbond substituents is 3. The Morgan fingerprint density at radius 1 is 0.414 bits per heavy atom. The first-order valence-corrected chi connectivity index (χ1v) is 20.4. The molecular weight excluding hydrogens is 745 g/mol. The first-order valence-electron chi connectivity index (χ1n) is 20.4. The Hall–Kier alpha value is -3.42. The van der Waals surface area contributed by atoms with Crippen LogP contribution < -0.4 is 16.0 Å². The Labute approximate surface area is 343 Å². The summed E-state index contributed by atoms with van der Waals surface area (Å²) in [4.78, 5) is 6.97. The number of hydrogen-bond donors (Lipinski definition) is 12. The molecule has 324 valence electrons. The molecular formula is C43H68N6O9. The van der Waals surface area contributed by atoms with Gasteiger partial charge in [0.05, 0.1) is 57.8 Å². The second-order valence-corrected chi connectivity index (χ2v) is 15.8. The summed E-state index contributed by atoms with van der Waals surface area (Å²) in [6, 6.07) is 10.2. The molecule has 1 saturated heterocycles. The van der Waals surface area contributed by atoms with Crippen LogP contribution in [-0.2, 0) is 39.3 Å². The van der Waals surface area contributed by atoms with Gasteiger partial charge in [-0.15, -0.1) is 0 Å². The topological polar surface area (TPSA) is 228 Å². The molecule has 0 bridgehead atoms. The number of aromatic hydroxyl groups is 3. The first kappa shape index (κ1) is 47.3. The highest BCUT2D eigenvalue weighted by Gasteiger charge is 2.22. The van der Waals surface area contributed by atoms with Gasteiger partial charge >= 0.3 is 0 Å².